The van der Waals surface area contributed by atoms with Crippen LogP contribution in [-0.2, 0) is 24.2 Å². The molecule has 5 rings (SSSR count). The van der Waals surface area contributed by atoms with Crippen LogP contribution in [0.4, 0.5) is 4.39 Å². The Morgan fingerprint density at radius 2 is 1.95 bits per heavy atom. The number of hydrogen-bond donors (Lipinski definition) is 2. The van der Waals surface area contributed by atoms with E-state index in [1.165, 1.54) is 19.6 Å². The number of benzene rings is 2. The van der Waals surface area contributed by atoms with Crippen LogP contribution in [0.25, 0.3) is 32.7 Å². The molecule has 1 aliphatic carbocycles. The summed E-state index contributed by atoms with van der Waals surface area (Å²) < 4.78 is 51.6. The van der Waals surface area contributed by atoms with Crippen LogP contribution in [0.15, 0.2) is 47.3 Å². The lowest BCUT2D eigenvalue weighted by Crippen LogP contribution is -2.41. The van der Waals surface area contributed by atoms with Crippen molar-refractivity contribution in [2.24, 2.45) is 0 Å². The number of amides is 2. The first kappa shape index (κ1) is 26.8. The number of thiazole rings is 1. The van der Waals surface area contributed by atoms with Crippen LogP contribution in [0, 0.1) is 5.82 Å². The number of nitrogens with one attached hydrogen (secondary N) is 2. The Kier molecular flexibility index (Phi) is 7.68. The van der Waals surface area contributed by atoms with Crippen LogP contribution in [0.2, 0.25) is 0 Å². The summed E-state index contributed by atoms with van der Waals surface area (Å²) in [6.45, 7) is -0.493. The second-order valence-electron chi connectivity index (χ2n) is 8.98. The second-order valence-corrected chi connectivity index (χ2v) is 12.3. The number of sulfone groups is 1. The Labute approximate surface area is 226 Å². The maximum absolute atomic E-state index is 15.1. The lowest BCUT2D eigenvalue weighted by molar-refractivity contribution is -0.126. The molecule has 0 spiro atoms. The Morgan fingerprint density at radius 1 is 1.21 bits per heavy atom. The zero-order valence-electron chi connectivity index (χ0n) is 20.7. The molecular weight excluding hydrogens is 549 g/mol. The molecule has 2 heterocycles. The third kappa shape index (κ3) is 6.13. The maximum Gasteiger partial charge on any atom is 0.245 e. The Balaban J connectivity index is 1.44. The zero-order valence-corrected chi connectivity index (χ0v) is 22.4. The number of carbonyl (C=O) groups is 2. The van der Waals surface area contributed by atoms with Gasteiger partial charge in [-0.05, 0) is 24.5 Å². The molecule has 1 unspecified atom stereocenters. The summed E-state index contributed by atoms with van der Waals surface area (Å²) in [6.07, 6.45) is 2.96. The highest BCUT2D eigenvalue weighted by atomic mass is 32.2. The quantitative estimate of drug-likeness (QED) is 0.276. The molecule has 0 saturated heterocycles. The summed E-state index contributed by atoms with van der Waals surface area (Å²) in [4.78, 5) is 33.4. The van der Waals surface area contributed by atoms with Crippen LogP contribution >= 0.6 is 11.3 Å². The molecule has 2 N–H and O–H groups in total. The molecule has 14 heteroatoms. The first-order chi connectivity index (χ1) is 18.7. The SMILES string of the molecule is COCCS(=O)(=O)C(C(=O)NCC(=O)NC1CC1)c1nc2cc(F)c(-c3ccc(-c4ncon4)cc3)cc2s1. The van der Waals surface area contributed by atoms with Gasteiger partial charge in [-0.3, -0.25) is 9.59 Å². The number of halogens is 1. The van der Waals surface area contributed by atoms with Gasteiger partial charge in [0, 0.05) is 30.3 Å². The van der Waals surface area contributed by atoms with E-state index < -0.39 is 38.5 Å². The van der Waals surface area contributed by atoms with E-state index in [4.69, 9.17) is 9.26 Å². The van der Waals surface area contributed by atoms with Crippen molar-refractivity contribution in [3.05, 3.63) is 53.6 Å². The molecule has 2 aromatic carbocycles. The van der Waals surface area contributed by atoms with Gasteiger partial charge in [-0.15, -0.1) is 11.3 Å². The van der Waals surface area contributed by atoms with Crippen molar-refractivity contribution in [2.45, 2.75) is 24.1 Å². The van der Waals surface area contributed by atoms with Gasteiger partial charge in [-0.1, -0.05) is 29.4 Å². The van der Waals surface area contributed by atoms with E-state index in [9.17, 15) is 18.0 Å². The molecule has 11 nitrogen and oxygen atoms in total. The van der Waals surface area contributed by atoms with Gasteiger partial charge in [0.1, 0.15) is 10.8 Å². The molecule has 4 aromatic rings. The van der Waals surface area contributed by atoms with E-state index in [1.54, 1.807) is 30.3 Å². The van der Waals surface area contributed by atoms with E-state index in [0.717, 1.165) is 24.2 Å². The average molecular weight is 574 g/mol. The number of ether oxygens (including phenoxy) is 1. The summed E-state index contributed by atoms with van der Waals surface area (Å²) >= 11 is 0.976. The molecule has 1 atom stereocenters. The summed E-state index contributed by atoms with van der Waals surface area (Å²) in [5.41, 5.74) is 1.75. The minimum Gasteiger partial charge on any atom is -0.384 e. The first-order valence-corrected chi connectivity index (χ1v) is 14.5. The third-order valence-corrected chi connectivity index (χ3v) is 9.19. The van der Waals surface area contributed by atoms with Crippen LogP contribution in [-0.4, -0.2) is 67.4 Å². The smallest absolute Gasteiger partial charge is 0.245 e. The van der Waals surface area contributed by atoms with Crippen molar-refractivity contribution in [1.82, 2.24) is 25.8 Å². The molecule has 0 bridgehead atoms. The fourth-order valence-corrected chi connectivity index (χ4v) is 6.87. The Hall–Kier alpha value is -3.75. The highest BCUT2D eigenvalue weighted by Crippen LogP contribution is 2.36. The molecule has 2 aromatic heterocycles. The summed E-state index contributed by atoms with van der Waals surface area (Å²) in [5, 5.41) is 7.22. The number of hydrogen-bond acceptors (Lipinski definition) is 10. The van der Waals surface area contributed by atoms with E-state index in [-0.39, 0.29) is 35.3 Å². The second kappa shape index (κ2) is 11.2. The number of fused-ring (bicyclic) bond motifs is 1. The van der Waals surface area contributed by atoms with Gasteiger partial charge in [0.2, 0.25) is 24.0 Å². The Bertz CT molecular complexity index is 1600. The third-order valence-electron chi connectivity index (χ3n) is 6.07. The van der Waals surface area contributed by atoms with E-state index >= 15 is 4.39 Å². The van der Waals surface area contributed by atoms with Crippen molar-refractivity contribution >= 4 is 43.2 Å². The largest absolute Gasteiger partial charge is 0.384 e. The molecule has 1 fully saturated rings. The van der Waals surface area contributed by atoms with Crippen LogP contribution in [0.1, 0.15) is 23.1 Å². The summed E-state index contributed by atoms with van der Waals surface area (Å²) in [5.74, 6) is -1.88. The fourth-order valence-electron chi connectivity index (χ4n) is 3.91. The molecule has 1 saturated carbocycles. The van der Waals surface area contributed by atoms with Crippen LogP contribution in [0.3, 0.4) is 0 Å². The minimum absolute atomic E-state index is 0.0230. The lowest BCUT2D eigenvalue weighted by Gasteiger charge is -2.15. The molecule has 39 heavy (non-hydrogen) atoms. The van der Waals surface area contributed by atoms with Crippen molar-refractivity contribution in [1.29, 1.82) is 0 Å². The summed E-state index contributed by atoms with van der Waals surface area (Å²) in [6, 6.07) is 9.73. The van der Waals surface area contributed by atoms with Gasteiger partial charge >= 0.3 is 0 Å². The molecular formula is C25H24FN5O6S2. The van der Waals surface area contributed by atoms with Gasteiger partial charge in [0.15, 0.2) is 15.1 Å². The van der Waals surface area contributed by atoms with E-state index in [1.807, 2.05) is 0 Å². The number of nitrogens with zero attached hydrogens (tertiary/aromatic N) is 3. The Morgan fingerprint density at radius 3 is 2.62 bits per heavy atom. The van der Waals surface area contributed by atoms with Gasteiger partial charge in [0.25, 0.3) is 0 Å². The monoisotopic (exact) mass is 573 g/mol. The zero-order chi connectivity index (χ0) is 27.6. The lowest BCUT2D eigenvalue weighted by atomic mass is 10.0. The first-order valence-electron chi connectivity index (χ1n) is 12.0. The normalized spacial score (nSPS) is 14.3. The van der Waals surface area contributed by atoms with Gasteiger partial charge in [0.05, 0.1) is 29.1 Å². The molecule has 204 valence electrons. The maximum atomic E-state index is 15.1. The van der Waals surface area contributed by atoms with E-state index in [2.05, 4.69) is 25.8 Å². The van der Waals surface area contributed by atoms with Gasteiger partial charge in [-0.25, -0.2) is 17.8 Å². The molecule has 1 aliphatic rings. The van der Waals surface area contributed by atoms with Crippen molar-refractivity contribution in [3.63, 3.8) is 0 Å². The summed E-state index contributed by atoms with van der Waals surface area (Å²) in [7, 11) is -2.73. The number of aromatic nitrogens is 3. The fraction of sp³-hybridized carbons (Fsp3) is 0.320. The predicted molar refractivity (Wildman–Crippen MR) is 141 cm³/mol. The molecule has 0 radical (unpaired) electrons. The molecule has 2 amide bonds. The number of rotatable bonds is 11. The molecule has 0 aliphatic heterocycles. The highest BCUT2D eigenvalue weighted by Gasteiger charge is 2.37. The van der Waals surface area contributed by atoms with Crippen LogP contribution in [0.5, 0.6) is 0 Å². The highest BCUT2D eigenvalue weighted by molar-refractivity contribution is 7.92. The van der Waals surface area contributed by atoms with Crippen molar-refractivity contribution in [3.8, 4) is 22.5 Å². The minimum atomic E-state index is -4.08. The topological polar surface area (TPSA) is 153 Å². The standard InChI is InChI=1S/C25H24FN5O6S2/c1-36-8-9-39(34,35)22(24(33)27-12-21(32)29-16-6-7-16)25-30-19-11-18(26)17(10-20(19)38-25)14-2-4-15(5-3-14)23-28-13-37-31-23/h2-5,10-11,13,16,22H,6-9,12H2,1H3,(H,27,33)(H,29,32). The number of carbonyl (C=O) groups excluding carboxylic acids is 2. The van der Waals surface area contributed by atoms with E-state index in [0.29, 0.717) is 21.7 Å². The van der Waals surface area contributed by atoms with Gasteiger partial charge in [-0.2, -0.15) is 4.98 Å². The van der Waals surface area contributed by atoms with Crippen molar-refractivity contribution in [2.75, 3.05) is 26.0 Å². The number of methoxy groups -OCH3 is 1. The van der Waals surface area contributed by atoms with Crippen molar-refractivity contribution < 1.29 is 31.7 Å². The van der Waals surface area contributed by atoms with Gasteiger partial charge < -0.3 is 19.9 Å². The predicted octanol–water partition coefficient (Wildman–Crippen LogP) is 2.65. The van der Waals surface area contributed by atoms with Crippen LogP contribution < -0.4 is 10.6 Å². The average Bonchev–Trinajstić information content (AvgIpc) is 3.38.